The van der Waals surface area contributed by atoms with E-state index in [9.17, 15) is 13.2 Å². The van der Waals surface area contributed by atoms with Gasteiger partial charge < -0.3 is 4.74 Å². The SMILES string of the molecule is COCc1cnc(C(F)(F)F)cc1CCl. The van der Waals surface area contributed by atoms with Gasteiger partial charge in [0.25, 0.3) is 0 Å². The van der Waals surface area contributed by atoms with Crippen LogP contribution in [0.25, 0.3) is 0 Å². The molecular formula is C9H9ClF3NO. The molecule has 15 heavy (non-hydrogen) atoms. The van der Waals surface area contributed by atoms with Crippen LogP contribution in [0, 0.1) is 0 Å². The van der Waals surface area contributed by atoms with Crippen molar-refractivity contribution >= 4 is 11.6 Å². The van der Waals surface area contributed by atoms with Gasteiger partial charge in [-0.1, -0.05) is 0 Å². The van der Waals surface area contributed by atoms with Crippen molar-refractivity contribution in [3.05, 3.63) is 29.1 Å². The Kier molecular flexibility index (Phi) is 3.93. The smallest absolute Gasteiger partial charge is 0.380 e. The van der Waals surface area contributed by atoms with Crippen LogP contribution in [-0.4, -0.2) is 12.1 Å². The number of hydrogen-bond acceptors (Lipinski definition) is 2. The molecule has 0 fully saturated rings. The highest BCUT2D eigenvalue weighted by Gasteiger charge is 2.32. The molecule has 1 aromatic rings. The fraction of sp³-hybridized carbons (Fsp3) is 0.444. The van der Waals surface area contributed by atoms with E-state index in [-0.39, 0.29) is 12.5 Å². The van der Waals surface area contributed by atoms with Gasteiger partial charge in [0.2, 0.25) is 0 Å². The van der Waals surface area contributed by atoms with Gasteiger partial charge in [0.15, 0.2) is 0 Å². The molecule has 0 bridgehead atoms. The highest BCUT2D eigenvalue weighted by molar-refractivity contribution is 6.17. The maximum Gasteiger partial charge on any atom is 0.433 e. The molecule has 1 heterocycles. The van der Waals surface area contributed by atoms with E-state index in [0.29, 0.717) is 11.1 Å². The number of pyridine rings is 1. The van der Waals surface area contributed by atoms with Gasteiger partial charge in [-0.15, -0.1) is 11.6 Å². The van der Waals surface area contributed by atoms with E-state index < -0.39 is 11.9 Å². The Morgan fingerprint density at radius 3 is 2.53 bits per heavy atom. The molecule has 84 valence electrons. The van der Waals surface area contributed by atoms with Crippen LogP contribution in [-0.2, 0) is 23.4 Å². The molecule has 0 saturated heterocycles. The minimum absolute atomic E-state index is 0.00426. The molecule has 0 aliphatic heterocycles. The first kappa shape index (κ1) is 12.3. The quantitative estimate of drug-likeness (QED) is 0.757. The topological polar surface area (TPSA) is 22.1 Å². The second-order valence-electron chi connectivity index (χ2n) is 2.90. The number of alkyl halides is 4. The highest BCUT2D eigenvalue weighted by Crippen LogP contribution is 2.29. The molecule has 0 amide bonds. The summed E-state index contributed by atoms with van der Waals surface area (Å²) in [6, 6.07) is 0.946. The van der Waals surface area contributed by atoms with Crippen molar-refractivity contribution in [1.29, 1.82) is 0 Å². The normalized spacial score (nSPS) is 11.8. The fourth-order valence-corrected chi connectivity index (χ4v) is 1.34. The lowest BCUT2D eigenvalue weighted by molar-refractivity contribution is -0.141. The van der Waals surface area contributed by atoms with Crippen molar-refractivity contribution in [2.45, 2.75) is 18.7 Å². The lowest BCUT2D eigenvalue weighted by atomic mass is 10.1. The number of halogens is 4. The second-order valence-corrected chi connectivity index (χ2v) is 3.17. The molecule has 0 aliphatic carbocycles. The van der Waals surface area contributed by atoms with Gasteiger partial charge in [-0.25, -0.2) is 0 Å². The van der Waals surface area contributed by atoms with Crippen LogP contribution < -0.4 is 0 Å². The Bertz CT molecular complexity index is 341. The number of hydrogen-bond donors (Lipinski definition) is 0. The van der Waals surface area contributed by atoms with Crippen molar-refractivity contribution in [3.8, 4) is 0 Å². The van der Waals surface area contributed by atoms with E-state index in [1.54, 1.807) is 0 Å². The standard InChI is InChI=1S/C9H9ClF3NO/c1-15-5-7-4-14-8(9(11,12)13)2-6(7)3-10/h2,4H,3,5H2,1H3. The van der Waals surface area contributed by atoms with Crippen molar-refractivity contribution < 1.29 is 17.9 Å². The first-order chi connectivity index (χ1) is 6.99. The third-order valence-corrected chi connectivity index (χ3v) is 2.11. The van der Waals surface area contributed by atoms with Crippen LogP contribution in [0.15, 0.2) is 12.3 Å². The van der Waals surface area contributed by atoms with Gasteiger partial charge in [-0.2, -0.15) is 13.2 Å². The van der Waals surface area contributed by atoms with Crippen LogP contribution in [0.3, 0.4) is 0 Å². The van der Waals surface area contributed by atoms with Gasteiger partial charge >= 0.3 is 6.18 Å². The van der Waals surface area contributed by atoms with Crippen molar-refractivity contribution in [2.75, 3.05) is 7.11 Å². The summed E-state index contributed by atoms with van der Waals surface area (Å²) in [6.45, 7) is 0.202. The molecule has 1 aromatic heterocycles. The Balaban J connectivity index is 3.08. The molecule has 6 heteroatoms. The molecule has 0 radical (unpaired) electrons. The van der Waals surface area contributed by atoms with E-state index in [4.69, 9.17) is 16.3 Å². The molecule has 0 N–H and O–H groups in total. The van der Waals surface area contributed by atoms with Crippen LogP contribution >= 0.6 is 11.6 Å². The van der Waals surface area contributed by atoms with Gasteiger partial charge in [-0.3, -0.25) is 4.98 Å². The van der Waals surface area contributed by atoms with E-state index in [2.05, 4.69) is 4.98 Å². The van der Waals surface area contributed by atoms with Gasteiger partial charge in [0, 0.05) is 24.8 Å². The van der Waals surface area contributed by atoms with E-state index in [1.807, 2.05) is 0 Å². The van der Waals surface area contributed by atoms with E-state index >= 15 is 0 Å². The summed E-state index contributed by atoms with van der Waals surface area (Å²) < 4.78 is 41.7. The summed E-state index contributed by atoms with van der Waals surface area (Å²) in [5.41, 5.74) is 0.0272. The fourth-order valence-electron chi connectivity index (χ4n) is 1.09. The highest BCUT2D eigenvalue weighted by atomic mass is 35.5. The largest absolute Gasteiger partial charge is 0.433 e. The zero-order valence-electron chi connectivity index (χ0n) is 7.94. The average Bonchev–Trinajstić information content (AvgIpc) is 2.17. The van der Waals surface area contributed by atoms with Crippen molar-refractivity contribution in [2.24, 2.45) is 0 Å². The lowest BCUT2D eigenvalue weighted by Gasteiger charge is -2.10. The minimum atomic E-state index is -4.44. The summed E-state index contributed by atoms with van der Waals surface area (Å²) in [5, 5.41) is 0. The molecule has 0 spiro atoms. The summed E-state index contributed by atoms with van der Waals surface area (Å²) >= 11 is 5.54. The maximum absolute atomic E-state index is 12.3. The Hall–Kier alpha value is -0.810. The predicted octanol–water partition coefficient (Wildman–Crippen LogP) is 2.99. The Morgan fingerprint density at radius 1 is 1.40 bits per heavy atom. The molecular weight excluding hydrogens is 231 g/mol. The monoisotopic (exact) mass is 239 g/mol. The molecule has 0 unspecified atom stereocenters. The number of rotatable bonds is 3. The first-order valence-corrected chi connectivity index (χ1v) is 4.62. The minimum Gasteiger partial charge on any atom is -0.380 e. The summed E-state index contributed by atoms with van der Waals surface area (Å²) in [6.07, 6.45) is -3.30. The van der Waals surface area contributed by atoms with Crippen molar-refractivity contribution in [3.63, 3.8) is 0 Å². The molecule has 2 nitrogen and oxygen atoms in total. The third kappa shape index (κ3) is 3.07. The third-order valence-electron chi connectivity index (χ3n) is 1.82. The number of ether oxygens (including phenoxy) is 1. The first-order valence-electron chi connectivity index (χ1n) is 4.09. The molecule has 0 saturated carbocycles. The molecule has 0 aromatic carbocycles. The zero-order chi connectivity index (χ0) is 11.5. The van der Waals surface area contributed by atoms with Gasteiger partial charge in [0.05, 0.1) is 6.61 Å². The van der Waals surface area contributed by atoms with Crippen LogP contribution in [0.5, 0.6) is 0 Å². The van der Waals surface area contributed by atoms with Crippen LogP contribution in [0.2, 0.25) is 0 Å². The maximum atomic E-state index is 12.3. The summed E-state index contributed by atoms with van der Waals surface area (Å²) in [4.78, 5) is 3.31. The molecule has 0 aliphatic rings. The summed E-state index contributed by atoms with van der Waals surface area (Å²) in [7, 11) is 1.45. The zero-order valence-corrected chi connectivity index (χ0v) is 8.69. The Morgan fingerprint density at radius 2 is 2.07 bits per heavy atom. The number of aromatic nitrogens is 1. The number of nitrogens with zero attached hydrogens (tertiary/aromatic N) is 1. The van der Waals surface area contributed by atoms with E-state index in [0.717, 1.165) is 12.3 Å². The van der Waals surface area contributed by atoms with Crippen LogP contribution in [0.1, 0.15) is 16.8 Å². The second kappa shape index (κ2) is 4.81. The lowest BCUT2D eigenvalue weighted by Crippen LogP contribution is -2.09. The summed E-state index contributed by atoms with van der Waals surface area (Å²) in [5.74, 6) is 0.00426. The van der Waals surface area contributed by atoms with Gasteiger partial charge in [-0.05, 0) is 11.6 Å². The van der Waals surface area contributed by atoms with Crippen LogP contribution in [0.4, 0.5) is 13.2 Å². The molecule has 1 rings (SSSR count). The molecule has 0 atom stereocenters. The van der Waals surface area contributed by atoms with Crippen molar-refractivity contribution in [1.82, 2.24) is 4.98 Å². The van der Waals surface area contributed by atoms with Gasteiger partial charge in [0.1, 0.15) is 5.69 Å². The van der Waals surface area contributed by atoms with E-state index in [1.165, 1.54) is 7.11 Å². The predicted molar refractivity (Wildman–Crippen MR) is 49.5 cm³/mol. The Labute approximate surface area is 90.0 Å². The average molecular weight is 240 g/mol. The number of methoxy groups -OCH3 is 1.